The summed E-state index contributed by atoms with van der Waals surface area (Å²) >= 11 is 0. The summed E-state index contributed by atoms with van der Waals surface area (Å²) in [5.74, 6) is -1.57. The molecule has 0 amide bonds. The Bertz CT molecular complexity index is 918. The molecular formula is C24H33NO7. The van der Waals surface area contributed by atoms with Crippen LogP contribution >= 0.6 is 0 Å². The Kier molecular flexibility index (Phi) is 4.32. The van der Waals surface area contributed by atoms with Gasteiger partial charge >= 0.3 is 11.9 Å². The fraction of sp³-hybridized carbons (Fsp3) is 0.833. The lowest BCUT2D eigenvalue weighted by Crippen LogP contribution is -2.74. The van der Waals surface area contributed by atoms with E-state index in [0.717, 1.165) is 24.8 Å². The number of fused-ring (bicyclic) bond motifs is 2. The van der Waals surface area contributed by atoms with Crippen LogP contribution < -0.4 is 0 Å². The van der Waals surface area contributed by atoms with E-state index < -0.39 is 41.3 Å². The van der Waals surface area contributed by atoms with Crippen molar-refractivity contribution in [3.63, 3.8) is 0 Å². The van der Waals surface area contributed by atoms with Gasteiger partial charge in [0.25, 0.3) is 0 Å². The Labute approximate surface area is 187 Å². The molecule has 3 aliphatic heterocycles. The zero-order valence-corrected chi connectivity index (χ0v) is 18.9. The van der Waals surface area contributed by atoms with Crippen LogP contribution in [-0.2, 0) is 19.1 Å². The first-order valence-corrected chi connectivity index (χ1v) is 12.1. The van der Waals surface area contributed by atoms with E-state index in [4.69, 9.17) is 9.47 Å². The van der Waals surface area contributed by atoms with E-state index >= 15 is 0 Å². The maximum absolute atomic E-state index is 13.2. The van der Waals surface area contributed by atoms with E-state index in [1.807, 2.05) is 0 Å². The number of aliphatic hydroxyl groups excluding tert-OH is 3. The molecule has 5 bridgehead atoms. The normalized spacial score (nSPS) is 54.8. The summed E-state index contributed by atoms with van der Waals surface area (Å²) < 4.78 is 11.4. The number of carbonyl (C=O) groups excluding carboxylic acids is 2. The van der Waals surface area contributed by atoms with Crippen molar-refractivity contribution in [3.05, 3.63) is 11.1 Å². The molecule has 0 radical (unpaired) electrons. The van der Waals surface area contributed by atoms with Crippen LogP contribution in [0.3, 0.4) is 0 Å². The molecule has 5 fully saturated rings. The third-order valence-electron chi connectivity index (χ3n) is 9.99. The molecule has 0 aromatic carbocycles. The van der Waals surface area contributed by atoms with Crippen LogP contribution in [0.2, 0.25) is 0 Å². The molecule has 6 aliphatic rings. The lowest BCUT2D eigenvalue weighted by Gasteiger charge is -2.65. The molecule has 1 spiro atoms. The SMILES string of the molecule is COC(=O)C1=C2[C@]3([C@@H]4C[C@H]5[C@H](CC[C@@H](C)N53)[C@@]2(OC(C)=O)C4)[C@H]2CC[C@@H](O)[C@@H](O)[C@@H]2[C@H]1O. The fourth-order valence-electron chi connectivity index (χ4n) is 9.48. The van der Waals surface area contributed by atoms with E-state index in [0.29, 0.717) is 19.3 Å². The Hall–Kier alpha value is -1.48. The van der Waals surface area contributed by atoms with Crippen LogP contribution in [0, 0.1) is 23.7 Å². The summed E-state index contributed by atoms with van der Waals surface area (Å²) in [5.41, 5.74) is -0.577. The van der Waals surface area contributed by atoms with Crippen molar-refractivity contribution in [2.75, 3.05) is 7.11 Å². The first kappa shape index (κ1) is 21.1. The zero-order valence-electron chi connectivity index (χ0n) is 18.9. The van der Waals surface area contributed by atoms with Crippen molar-refractivity contribution in [1.29, 1.82) is 0 Å². The summed E-state index contributed by atoms with van der Waals surface area (Å²) in [6.45, 7) is 3.64. The van der Waals surface area contributed by atoms with Gasteiger partial charge in [0.15, 0.2) is 0 Å². The second-order valence-corrected chi connectivity index (χ2v) is 11.0. The lowest BCUT2D eigenvalue weighted by molar-refractivity contribution is -0.190. The molecule has 3 heterocycles. The molecular weight excluding hydrogens is 414 g/mol. The second kappa shape index (κ2) is 6.56. The van der Waals surface area contributed by atoms with Gasteiger partial charge in [-0.25, -0.2) is 4.79 Å². The molecule has 8 heteroatoms. The van der Waals surface area contributed by atoms with Crippen LogP contribution in [0.15, 0.2) is 11.1 Å². The first-order chi connectivity index (χ1) is 15.2. The van der Waals surface area contributed by atoms with Gasteiger partial charge in [0.05, 0.1) is 36.5 Å². The van der Waals surface area contributed by atoms with E-state index in [-0.39, 0.29) is 41.4 Å². The maximum atomic E-state index is 13.2. The van der Waals surface area contributed by atoms with Crippen LogP contribution in [0.1, 0.15) is 52.4 Å². The average Bonchev–Trinajstić information content (AvgIpc) is 3.14. The standard InChI is InChI=1S/C24H33NO7/c1-10-4-5-13-15-8-12-9-23(13,32-11(2)26)21-18(22(30)31-3)20(29)17-14(24(12,21)25(10)15)6-7-16(27)19(17)28/h10,12-17,19-20,27-29H,4-9H2,1-3H3/t10-,12-,13+,14+,15+,16-,17-,19-,20-,23+,24+/m1/s1. The molecule has 0 aromatic rings. The highest BCUT2D eigenvalue weighted by atomic mass is 16.6. The highest BCUT2D eigenvalue weighted by Crippen LogP contribution is 2.75. The van der Waals surface area contributed by atoms with Crippen molar-refractivity contribution in [2.24, 2.45) is 23.7 Å². The number of rotatable bonds is 2. The van der Waals surface area contributed by atoms with E-state index in [1.54, 1.807) is 0 Å². The van der Waals surface area contributed by atoms with Gasteiger partial charge in [-0.05, 0) is 57.3 Å². The lowest BCUT2D eigenvalue weighted by atomic mass is 9.52. The number of hydrogen-bond acceptors (Lipinski definition) is 8. The average molecular weight is 448 g/mol. The minimum atomic E-state index is -1.28. The predicted molar refractivity (Wildman–Crippen MR) is 111 cm³/mol. The predicted octanol–water partition coefficient (Wildman–Crippen LogP) is 0.525. The summed E-state index contributed by atoms with van der Waals surface area (Å²) in [4.78, 5) is 28.2. The Morgan fingerprint density at radius 2 is 1.81 bits per heavy atom. The number of piperidine rings is 2. The molecule has 176 valence electrons. The number of nitrogens with zero attached hydrogens (tertiary/aromatic N) is 1. The van der Waals surface area contributed by atoms with E-state index in [1.165, 1.54) is 14.0 Å². The summed E-state index contributed by atoms with van der Waals surface area (Å²) in [6.07, 6.45) is 1.24. The third kappa shape index (κ3) is 2.14. The summed E-state index contributed by atoms with van der Waals surface area (Å²) in [5, 5.41) is 33.1. The molecule has 12 atom stereocenters. The molecule has 2 saturated carbocycles. The monoisotopic (exact) mass is 447 g/mol. The van der Waals surface area contributed by atoms with Crippen molar-refractivity contribution in [2.45, 2.75) is 93.9 Å². The van der Waals surface area contributed by atoms with Crippen LogP contribution in [-0.4, -0.2) is 80.8 Å². The quantitative estimate of drug-likeness (QED) is 0.525. The molecule has 3 N–H and O–H groups in total. The second-order valence-electron chi connectivity index (χ2n) is 11.0. The molecule has 3 saturated heterocycles. The Morgan fingerprint density at radius 1 is 1.09 bits per heavy atom. The van der Waals surface area contributed by atoms with E-state index in [2.05, 4.69) is 11.8 Å². The van der Waals surface area contributed by atoms with Crippen molar-refractivity contribution in [3.8, 4) is 0 Å². The van der Waals surface area contributed by atoms with Gasteiger partial charge in [-0.2, -0.15) is 0 Å². The largest absolute Gasteiger partial charge is 0.466 e. The van der Waals surface area contributed by atoms with Crippen LogP contribution in [0.4, 0.5) is 0 Å². The number of carbonyl (C=O) groups is 2. The van der Waals surface area contributed by atoms with Crippen molar-refractivity contribution >= 4 is 11.9 Å². The van der Waals surface area contributed by atoms with Gasteiger partial charge in [0.1, 0.15) is 5.60 Å². The van der Waals surface area contributed by atoms with Gasteiger partial charge in [0, 0.05) is 36.4 Å². The van der Waals surface area contributed by atoms with Crippen molar-refractivity contribution in [1.82, 2.24) is 4.90 Å². The highest BCUT2D eigenvalue weighted by molar-refractivity contribution is 5.93. The number of methoxy groups -OCH3 is 1. The third-order valence-corrected chi connectivity index (χ3v) is 9.99. The van der Waals surface area contributed by atoms with Crippen LogP contribution in [0.5, 0.6) is 0 Å². The number of esters is 2. The molecule has 0 aromatic heterocycles. The number of ether oxygens (including phenoxy) is 2. The van der Waals surface area contributed by atoms with Gasteiger partial charge in [0.2, 0.25) is 0 Å². The molecule has 32 heavy (non-hydrogen) atoms. The summed E-state index contributed by atoms with van der Waals surface area (Å²) in [6, 6.07) is 0.530. The summed E-state index contributed by atoms with van der Waals surface area (Å²) in [7, 11) is 1.29. The van der Waals surface area contributed by atoms with Crippen molar-refractivity contribution < 1.29 is 34.4 Å². The smallest absolute Gasteiger partial charge is 0.336 e. The molecule has 8 nitrogen and oxygen atoms in total. The minimum Gasteiger partial charge on any atom is -0.466 e. The number of aliphatic hydroxyl groups is 3. The van der Waals surface area contributed by atoms with Crippen LogP contribution in [0.25, 0.3) is 0 Å². The Balaban J connectivity index is 1.68. The molecule has 3 aliphatic carbocycles. The highest BCUT2D eigenvalue weighted by Gasteiger charge is 2.82. The van der Waals surface area contributed by atoms with Gasteiger partial charge in [-0.1, -0.05) is 0 Å². The molecule has 6 rings (SSSR count). The first-order valence-electron chi connectivity index (χ1n) is 12.1. The maximum Gasteiger partial charge on any atom is 0.336 e. The molecule has 1 unspecified atom stereocenters. The van der Waals surface area contributed by atoms with Gasteiger partial charge in [-0.15, -0.1) is 0 Å². The fourth-order valence-corrected chi connectivity index (χ4v) is 9.48. The van der Waals surface area contributed by atoms with Gasteiger partial charge in [-0.3, -0.25) is 9.69 Å². The van der Waals surface area contributed by atoms with E-state index in [9.17, 15) is 24.9 Å². The Morgan fingerprint density at radius 3 is 2.50 bits per heavy atom. The van der Waals surface area contributed by atoms with Gasteiger partial charge < -0.3 is 24.8 Å². The minimum absolute atomic E-state index is 0.0759. The zero-order chi connectivity index (χ0) is 22.7. The number of hydrogen-bond donors (Lipinski definition) is 3. The topological polar surface area (TPSA) is 117 Å².